The highest BCUT2D eigenvalue weighted by Crippen LogP contribution is 2.38. The standard InChI is InChI=1S/C20H25N3O2.ClH/c1-20(13-21,16-9-10-16)23-19(25)12-22-18(24)11-15-7-4-6-14-5-2-3-8-17(14)15;/h2-8,16H,9-13,21H2,1H3,(H,22,24)(H,23,25);1H. The van der Waals surface area contributed by atoms with E-state index >= 15 is 0 Å². The van der Waals surface area contributed by atoms with Gasteiger partial charge in [0.25, 0.3) is 0 Å². The molecule has 26 heavy (non-hydrogen) atoms. The van der Waals surface area contributed by atoms with Crippen LogP contribution >= 0.6 is 12.4 Å². The first-order valence-electron chi connectivity index (χ1n) is 8.76. The van der Waals surface area contributed by atoms with E-state index in [0.717, 1.165) is 29.2 Å². The highest BCUT2D eigenvalue weighted by Gasteiger charge is 2.41. The van der Waals surface area contributed by atoms with Crippen LogP contribution in [0.3, 0.4) is 0 Å². The van der Waals surface area contributed by atoms with Crippen molar-refractivity contribution in [3.63, 3.8) is 0 Å². The summed E-state index contributed by atoms with van der Waals surface area (Å²) in [6.45, 7) is 2.36. The molecule has 0 radical (unpaired) electrons. The number of halogens is 1. The second-order valence-electron chi connectivity index (χ2n) is 7.04. The molecule has 1 aliphatic carbocycles. The fourth-order valence-corrected chi connectivity index (χ4v) is 3.26. The average Bonchev–Trinajstić information content (AvgIpc) is 3.46. The third-order valence-electron chi connectivity index (χ3n) is 5.00. The maximum absolute atomic E-state index is 12.2. The van der Waals surface area contributed by atoms with Gasteiger partial charge >= 0.3 is 0 Å². The van der Waals surface area contributed by atoms with E-state index in [1.807, 2.05) is 49.4 Å². The number of hydrogen-bond acceptors (Lipinski definition) is 3. The highest BCUT2D eigenvalue weighted by atomic mass is 35.5. The van der Waals surface area contributed by atoms with Crippen LogP contribution in [0.1, 0.15) is 25.3 Å². The maximum Gasteiger partial charge on any atom is 0.239 e. The maximum atomic E-state index is 12.2. The molecule has 1 aliphatic rings. The van der Waals surface area contributed by atoms with Gasteiger partial charge in [0, 0.05) is 6.54 Å². The molecule has 0 saturated heterocycles. The highest BCUT2D eigenvalue weighted by molar-refractivity contribution is 5.91. The van der Waals surface area contributed by atoms with Gasteiger partial charge in [-0.15, -0.1) is 12.4 Å². The Labute approximate surface area is 160 Å². The third kappa shape index (κ3) is 4.74. The molecular weight excluding hydrogens is 350 g/mol. The number of amides is 2. The molecule has 5 nitrogen and oxygen atoms in total. The zero-order valence-corrected chi connectivity index (χ0v) is 15.8. The Morgan fingerprint density at radius 2 is 1.81 bits per heavy atom. The number of benzene rings is 2. The van der Waals surface area contributed by atoms with Gasteiger partial charge < -0.3 is 16.4 Å². The Morgan fingerprint density at radius 3 is 2.50 bits per heavy atom. The van der Waals surface area contributed by atoms with Crippen LogP contribution in [0.15, 0.2) is 42.5 Å². The molecule has 0 aliphatic heterocycles. The fourth-order valence-electron chi connectivity index (χ4n) is 3.26. The molecule has 1 unspecified atom stereocenters. The van der Waals surface area contributed by atoms with Crippen LogP contribution in [0, 0.1) is 5.92 Å². The molecule has 2 amide bonds. The monoisotopic (exact) mass is 375 g/mol. The fraction of sp³-hybridized carbons (Fsp3) is 0.400. The Hall–Kier alpha value is -2.11. The van der Waals surface area contributed by atoms with E-state index in [1.54, 1.807) is 0 Å². The van der Waals surface area contributed by atoms with E-state index in [2.05, 4.69) is 10.6 Å². The number of rotatable bonds is 7. The van der Waals surface area contributed by atoms with Crippen molar-refractivity contribution in [1.82, 2.24) is 10.6 Å². The molecule has 1 atom stereocenters. The van der Waals surface area contributed by atoms with Gasteiger partial charge in [0.1, 0.15) is 0 Å². The van der Waals surface area contributed by atoms with E-state index in [0.29, 0.717) is 12.5 Å². The summed E-state index contributed by atoms with van der Waals surface area (Å²) in [6, 6.07) is 13.9. The minimum absolute atomic E-state index is 0. The van der Waals surface area contributed by atoms with Gasteiger partial charge in [-0.2, -0.15) is 0 Å². The SMILES string of the molecule is CC(CN)(NC(=O)CNC(=O)Cc1cccc2ccccc12)C1CC1.Cl. The van der Waals surface area contributed by atoms with Crippen molar-refractivity contribution in [3.05, 3.63) is 48.0 Å². The smallest absolute Gasteiger partial charge is 0.239 e. The van der Waals surface area contributed by atoms with Crippen molar-refractivity contribution in [1.29, 1.82) is 0 Å². The van der Waals surface area contributed by atoms with E-state index in [9.17, 15) is 9.59 Å². The van der Waals surface area contributed by atoms with Gasteiger partial charge in [0.2, 0.25) is 11.8 Å². The summed E-state index contributed by atoms with van der Waals surface area (Å²) in [5.41, 5.74) is 6.40. The van der Waals surface area contributed by atoms with Gasteiger partial charge in [-0.25, -0.2) is 0 Å². The molecule has 0 bridgehead atoms. The summed E-state index contributed by atoms with van der Waals surface area (Å²) < 4.78 is 0. The Morgan fingerprint density at radius 1 is 1.12 bits per heavy atom. The van der Waals surface area contributed by atoms with Crippen molar-refractivity contribution >= 4 is 35.0 Å². The van der Waals surface area contributed by atoms with Crippen LogP contribution in [-0.2, 0) is 16.0 Å². The molecule has 3 rings (SSSR count). The molecule has 2 aromatic rings. The van der Waals surface area contributed by atoms with E-state index in [1.165, 1.54) is 0 Å². The summed E-state index contributed by atoms with van der Waals surface area (Å²) in [6.07, 6.45) is 2.45. The lowest BCUT2D eigenvalue weighted by atomic mass is 9.96. The molecular formula is C20H26ClN3O2. The molecule has 6 heteroatoms. The minimum Gasteiger partial charge on any atom is -0.348 e. The first-order valence-corrected chi connectivity index (χ1v) is 8.76. The minimum atomic E-state index is -0.364. The normalized spacial score (nSPS) is 15.6. The van der Waals surface area contributed by atoms with Crippen molar-refractivity contribution in [3.8, 4) is 0 Å². The lowest BCUT2D eigenvalue weighted by Crippen LogP contribution is -2.55. The van der Waals surface area contributed by atoms with Crippen LogP contribution in [-0.4, -0.2) is 30.4 Å². The van der Waals surface area contributed by atoms with Gasteiger partial charge in [-0.05, 0) is 42.0 Å². The van der Waals surface area contributed by atoms with Crippen molar-refractivity contribution in [2.75, 3.05) is 13.1 Å². The molecule has 140 valence electrons. The lowest BCUT2D eigenvalue weighted by Gasteiger charge is -2.29. The van der Waals surface area contributed by atoms with Gasteiger partial charge in [-0.1, -0.05) is 42.5 Å². The Balaban J connectivity index is 0.00000243. The second-order valence-corrected chi connectivity index (χ2v) is 7.04. The largest absolute Gasteiger partial charge is 0.348 e. The number of nitrogens with two attached hydrogens (primary N) is 1. The van der Waals surface area contributed by atoms with Crippen molar-refractivity contribution in [2.45, 2.75) is 31.7 Å². The summed E-state index contributed by atoms with van der Waals surface area (Å²) in [5, 5.41) is 7.85. The van der Waals surface area contributed by atoms with Gasteiger partial charge in [0.05, 0.1) is 18.5 Å². The van der Waals surface area contributed by atoms with Crippen LogP contribution in [0.2, 0.25) is 0 Å². The number of fused-ring (bicyclic) bond motifs is 1. The number of carbonyl (C=O) groups excluding carboxylic acids is 2. The first-order chi connectivity index (χ1) is 12.0. The molecule has 1 saturated carbocycles. The number of carbonyl (C=O) groups is 2. The predicted molar refractivity (Wildman–Crippen MR) is 106 cm³/mol. The van der Waals surface area contributed by atoms with Crippen molar-refractivity contribution in [2.24, 2.45) is 11.7 Å². The summed E-state index contributed by atoms with van der Waals surface area (Å²) in [4.78, 5) is 24.4. The lowest BCUT2D eigenvalue weighted by molar-refractivity contribution is -0.126. The second kappa shape index (κ2) is 8.52. The molecule has 0 spiro atoms. The van der Waals surface area contributed by atoms with Gasteiger partial charge in [-0.3, -0.25) is 9.59 Å². The topological polar surface area (TPSA) is 84.2 Å². The summed E-state index contributed by atoms with van der Waals surface area (Å²) in [5.74, 6) is 0.103. The summed E-state index contributed by atoms with van der Waals surface area (Å²) in [7, 11) is 0. The molecule has 4 N–H and O–H groups in total. The van der Waals surface area contributed by atoms with Crippen LogP contribution in [0.25, 0.3) is 10.8 Å². The van der Waals surface area contributed by atoms with Crippen LogP contribution < -0.4 is 16.4 Å². The molecule has 1 fully saturated rings. The zero-order chi connectivity index (χ0) is 17.9. The average molecular weight is 376 g/mol. The van der Waals surface area contributed by atoms with Gasteiger partial charge in [0.15, 0.2) is 0 Å². The Bertz CT molecular complexity index is 786. The van der Waals surface area contributed by atoms with Crippen LogP contribution in [0.5, 0.6) is 0 Å². The quantitative estimate of drug-likeness (QED) is 0.693. The Kier molecular flexibility index (Phi) is 6.62. The predicted octanol–water partition coefficient (Wildman–Crippen LogP) is 2.16. The van der Waals surface area contributed by atoms with Crippen molar-refractivity contribution < 1.29 is 9.59 Å². The molecule has 0 aromatic heterocycles. The van der Waals surface area contributed by atoms with Crippen LogP contribution in [0.4, 0.5) is 0 Å². The van der Waals surface area contributed by atoms with E-state index in [4.69, 9.17) is 5.73 Å². The van der Waals surface area contributed by atoms with E-state index in [-0.39, 0.29) is 42.7 Å². The first kappa shape index (κ1) is 20.2. The molecule has 2 aromatic carbocycles. The number of hydrogen-bond donors (Lipinski definition) is 3. The van der Waals surface area contributed by atoms with E-state index < -0.39 is 0 Å². The summed E-state index contributed by atoms with van der Waals surface area (Å²) >= 11 is 0. The molecule has 0 heterocycles. The zero-order valence-electron chi connectivity index (χ0n) is 15.0. The number of nitrogens with one attached hydrogen (secondary N) is 2. The third-order valence-corrected chi connectivity index (χ3v) is 5.00.